The van der Waals surface area contributed by atoms with E-state index in [-0.39, 0.29) is 5.82 Å². The Labute approximate surface area is 116 Å². The van der Waals surface area contributed by atoms with Crippen LogP contribution < -0.4 is 15.2 Å². The molecule has 1 heterocycles. The SMILES string of the molecule is COc1cc(OC)c(C(C)(C)F)cc1-c1cc(N)no1. The van der Waals surface area contributed by atoms with Gasteiger partial charge in [0.15, 0.2) is 11.6 Å². The Kier molecular flexibility index (Phi) is 3.57. The van der Waals surface area contributed by atoms with Crippen molar-refractivity contribution >= 4 is 5.82 Å². The number of ether oxygens (including phenoxy) is 2. The summed E-state index contributed by atoms with van der Waals surface area (Å²) in [6, 6.07) is 4.79. The molecular formula is C14H17FN2O3. The Hall–Kier alpha value is -2.24. The van der Waals surface area contributed by atoms with Crippen LogP contribution in [-0.4, -0.2) is 19.4 Å². The van der Waals surface area contributed by atoms with Gasteiger partial charge < -0.3 is 19.7 Å². The predicted octanol–water partition coefficient (Wildman–Crippen LogP) is 3.15. The number of halogens is 1. The van der Waals surface area contributed by atoms with E-state index in [0.717, 1.165) is 0 Å². The number of hydrogen-bond acceptors (Lipinski definition) is 5. The van der Waals surface area contributed by atoms with Crippen LogP contribution in [0.3, 0.4) is 0 Å². The van der Waals surface area contributed by atoms with E-state index < -0.39 is 5.67 Å². The highest BCUT2D eigenvalue weighted by Crippen LogP contribution is 2.41. The van der Waals surface area contributed by atoms with Crippen molar-refractivity contribution in [3.8, 4) is 22.8 Å². The van der Waals surface area contributed by atoms with Crippen molar-refractivity contribution in [2.45, 2.75) is 19.5 Å². The van der Waals surface area contributed by atoms with Crippen molar-refractivity contribution in [2.24, 2.45) is 0 Å². The Bertz CT molecular complexity index is 617. The largest absolute Gasteiger partial charge is 0.496 e. The average Bonchev–Trinajstić information content (AvgIpc) is 2.82. The van der Waals surface area contributed by atoms with Gasteiger partial charge in [-0.25, -0.2) is 4.39 Å². The van der Waals surface area contributed by atoms with Crippen LogP contribution >= 0.6 is 0 Å². The summed E-state index contributed by atoms with van der Waals surface area (Å²) in [5.74, 6) is 1.56. The summed E-state index contributed by atoms with van der Waals surface area (Å²) in [7, 11) is 2.99. The van der Waals surface area contributed by atoms with E-state index in [0.29, 0.717) is 28.4 Å². The van der Waals surface area contributed by atoms with Gasteiger partial charge in [-0.15, -0.1) is 0 Å². The number of rotatable bonds is 4. The van der Waals surface area contributed by atoms with Crippen LogP contribution in [-0.2, 0) is 5.67 Å². The van der Waals surface area contributed by atoms with E-state index >= 15 is 0 Å². The van der Waals surface area contributed by atoms with Crippen LogP contribution in [0.25, 0.3) is 11.3 Å². The normalized spacial score (nSPS) is 11.4. The molecule has 0 aliphatic heterocycles. The maximum absolute atomic E-state index is 14.3. The lowest BCUT2D eigenvalue weighted by atomic mass is 9.95. The number of aromatic nitrogens is 1. The van der Waals surface area contributed by atoms with Crippen LogP contribution in [0, 0.1) is 0 Å². The highest BCUT2D eigenvalue weighted by atomic mass is 19.1. The van der Waals surface area contributed by atoms with Crippen molar-refractivity contribution in [2.75, 3.05) is 20.0 Å². The molecule has 0 saturated carbocycles. The van der Waals surface area contributed by atoms with Crippen molar-refractivity contribution in [1.82, 2.24) is 5.16 Å². The monoisotopic (exact) mass is 280 g/mol. The summed E-state index contributed by atoms with van der Waals surface area (Å²) in [5, 5.41) is 3.63. The van der Waals surface area contributed by atoms with Crippen molar-refractivity contribution in [1.29, 1.82) is 0 Å². The number of alkyl halides is 1. The third-order valence-corrected chi connectivity index (χ3v) is 2.96. The van der Waals surface area contributed by atoms with Gasteiger partial charge in [-0.2, -0.15) is 0 Å². The molecule has 2 aromatic rings. The van der Waals surface area contributed by atoms with Crippen LogP contribution in [0.2, 0.25) is 0 Å². The second kappa shape index (κ2) is 5.03. The highest BCUT2D eigenvalue weighted by Gasteiger charge is 2.26. The fourth-order valence-corrected chi connectivity index (χ4v) is 1.97. The summed E-state index contributed by atoms with van der Waals surface area (Å²) in [6.45, 7) is 2.91. The van der Waals surface area contributed by atoms with Crippen LogP contribution in [0.4, 0.5) is 10.2 Å². The number of benzene rings is 1. The van der Waals surface area contributed by atoms with Gasteiger partial charge >= 0.3 is 0 Å². The van der Waals surface area contributed by atoms with Gasteiger partial charge in [0.25, 0.3) is 0 Å². The lowest BCUT2D eigenvalue weighted by Crippen LogP contribution is -2.11. The maximum atomic E-state index is 14.3. The first-order valence-electron chi connectivity index (χ1n) is 6.04. The molecule has 0 fully saturated rings. The number of nitrogen functional groups attached to an aromatic ring is 1. The second-order valence-corrected chi connectivity index (χ2v) is 4.84. The Morgan fingerprint density at radius 1 is 1.15 bits per heavy atom. The molecule has 1 aromatic heterocycles. The molecule has 2 N–H and O–H groups in total. The number of nitrogens with zero attached hydrogens (tertiary/aromatic N) is 1. The summed E-state index contributed by atoms with van der Waals surface area (Å²) in [5.41, 5.74) is 4.93. The molecule has 0 amide bonds. The zero-order valence-electron chi connectivity index (χ0n) is 11.9. The Balaban J connectivity index is 2.67. The molecule has 0 atom stereocenters. The van der Waals surface area contributed by atoms with Gasteiger partial charge in [0.05, 0.1) is 19.8 Å². The van der Waals surface area contributed by atoms with E-state index in [2.05, 4.69) is 5.16 Å². The molecule has 0 bridgehead atoms. The summed E-state index contributed by atoms with van der Waals surface area (Å²) >= 11 is 0. The molecular weight excluding hydrogens is 263 g/mol. The lowest BCUT2D eigenvalue weighted by molar-refractivity contribution is 0.213. The first kappa shape index (κ1) is 14.2. The van der Waals surface area contributed by atoms with Gasteiger partial charge in [0, 0.05) is 17.7 Å². The standard InChI is InChI=1S/C14H17FN2O3/c1-14(2,15)9-5-8(11-7-13(16)17-20-11)10(18-3)6-12(9)19-4/h5-7H,1-4H3,(H2,16,17). The molecule has 6 heteroatoms. The third kappa shape index (κ3) is 2.54. The van der Waals surface area contributed by atoms with Crippen LogP contribution in [0.5, 0.6) is 11.5 Å². The number of nitrogens with two attached hydrogens (primary N) is 1. The summed E-state index contributed by atoms with van der Waals surface area (Å²) in [6.07, 6.45) is 0. The molecule has 0 aliphatic rings. The number of methoxy groups -OCH3 is 2. The molecule has 0 saturated heterocycles. The van der Waals surface area contributed by atoms with Crippen LogP contribution in [0.15, 0.2) is 22.7 Å². The summed E-state index contributed by atoms with van der Waals surface area (Å²) < 4.78 is 29.9. The highest BCUT2D eigenvalue weighted by molar-refractivity contribution is 5.71. The second-order valence-electron chi connectivity index (χ2n) is 4.84. The van der Waals surface area contributed by atoms with Gasteiger partial charge in [-0.3, -0.25) is 0 Å². The quantitative estimate of drug-likeness (QED) is 0.931. The van der Waals surface area contributed by atoms with E-state index in [1.165, 1.54) is 28.1 Å². The smallest absolute Gasteiger partial charge is 0.172 e. The molecule has 0 aliphatic carbocycles. The molecule has 2 rings (SSSR count). The topological polar surface area (TPSA) is 70.5 Å². The zero-order valence-corrected chi connectivity index (χ0v) is 11.9. The van der Waals surface area contributed by atoms with Gasteiger partial charge in [0.1, 0.15) is 17.2 Å². The average molecular weight is 280 g/mol. The van der Waals surface area contributed by atoms with Gasteiger partial charge in [-0.1, -0.05) is 5.16 Å². The molecule has 108 valence electrons. The molecule has 0 spiro atoms. The fourth-order valence-electron chi connectivity index (χ4n) is 1.97. The Morgan fingerprint density at radius 3 is 2.25 bits per heavy atom. The fraction of sp³-hybridized carbons (Fsp3) is 0.357. The third-order valence-electron chi connectivity index (χ3n) is 2.96. The van der Waals surface area contributed by atoms with Crippen molar-refractivity contribution in [3.63, 3.8) is 0 Å². The molecule has 1 aromatic carbocycles. The minimum absolute atomic E-state index is 0.249. The summed E-state index contributed by atoms with van der Waals surface area (Å²) in [4.78, 5) is 0. The molecule has 0 unspecified atom stereocenters. The van der Waals surface area contributed by atoms with Gasteiger partial charge in [-0.05, 0) is 19.9 Å². The van der Waals surface area contributed by atoms with E-state index in [9.17, 15) is 4.39 Å². The van der Waals surface area contributed by atoms with Crippen LogP contribution in [0.1, 0.15) is 19.4 Å². The number of hydrogen-bond donors (Lipinski definition) is 1. The van der Waals surface area contributed by atoms with Gasteiger partial charge in [0.2, 0.25) is 0 Å². The minimum Gasteiger partial charge on any atom is -0.496 e. The molecule has 5 nitrogen and oxygen atoms in total. The first-order valence-corrected chi connectivity index (χ1v) is 6.04. The number of anilines is 1. The van der Waals surface area contributed by atoms with E-state index in [1.54, 1.807) is 18.2 Å². The predicted molar refractivity (Wildman–Crippen MR) is 73.6 cm³/mol. The Morgan fingerprint density at radius 2 is 1.80 bits per heavy atom. The van der Waals surface area contributed by atoms with E-state index in [1.807, 2.05) is 0 Å². The maximum Gasteiger partial charge on any atom is 0.172 e. The van der Waals surface area contributed by atoms with Crippen molar-refractivity contribution in [3.05, 3.63) is 23.8 Å². The van der Waals surface area contributed by atoms with Crippen molar-refractivity contribution < 1.29 is 18.4 Å². The minimum atomic E-state index is -1.57. The lowest BCUT2D eigenvalue weighted by Gasteiger charge is -2.20. The first-order chi connectivity index (χ1) is 9.36. The van der Waals surface area contributed by atoms with E-state index in [4.69, 9.17) is 19.7 Å². The molecule has 20 heavy (non-hydrogen) atoms. The molecule has 0 radical (unpaired) electrons. The zero-order chi connectivity index (χ0) is 14.9.